The maximum atomic E-state index is 6.13. The van der Waals surface area contributed by atoms with E-state index in [1.54, 1.807) is 0 Å². The van der Waals surface area contributed by atoms with Gasteiger partial charge in [0, 0.05) is 0 Å². The van der Waals surface area contributed by atoms with Gasteiger partial charge in [-0.15, -0.1) is 0 Å². The Hall–Kier alpha value is 0.640. The molecule has 0 N–H and O–H groups in total. The van der Waals surface area contributed by atoms with Crippen molar-refractivity contribution in [2.45, 2.75) is 39.0 Å². The van der Waals surface area contributed by atoms with Crippen molar-refractivity contribution < 1.29 is 0 Å². The number of halogens is 1. The summed E-state index contributed by atoms with van der Waals surface area (Å²) in [6, 6.07) is 0. The summed E-state index contributed by atoms with van der Waals surface area (Å²) in [5, 5.41) is 0. The molecule has 0 aliphatic carbocycles. The highest BCUT2D eigenvalue weighted by molar-refractivity contribution is 8.50. The van der Waals surface area contributed by atoms with Crippen LogP contribution in [0.25, 0.3) is 0 Å². The summed E-state index contributed by atoms with van der Waals surface area (Å²) in [7, 11) is 5.39. The van der Waals surface area contributed by atoms with Crippen molar-refractivity contribution in [2.75, 3.05) is 18.3 Å². The number of hydrogen-bond acceptors (Lipinski definition) is 0. The molecule has 0 bridgehead atoms. The van der Waals surface area contributed by atoms with Gasteiger partial charge >= 0.3 is 0 Å². The van der Waals surface area contributed by atoms with Crippen LogP contribution in [0.4, 0.5) is 0 Å². The number of unbranched alkanes of at least 4 members (excludes halogenated alkanes) is 4. The zero-order valence-corrected chi connectivity index (χ0v) is 9.60. The minimum Gasteiger partial charge on any atom is -0.169 e. The largest absolute Gasteiger partial charge is 0.169 e. The fourth-order valence-corrected chi connectivity index (χ4v) is 2.27. The Labute approximate surface area is 77.5 Å². The van der Waals surface area contributed by atoms with Gasteiger partial charge in [-0.2, -0.15) is 9.24 Å². The van der Waals surface area contributed by atoms with Crippen LogP contribution in [0.5, 0.6) is 0 Å². The van der Waals surface area contributed by atoms with E-state index < -0.39 is 9.24 Å². The normalized spacial score (nSPS) is 13.5. The zero-order valence-electron chi connectivity index (χ0n) is 8.03. The quantitative estimate of drug-likeness (QED) is 0.560. The van der Waals surface area contributed by atoms with E-state index in [9.17, 15) is 0 Å². The monoisotopic (exact) mass is 196 g/mol. The summed E-state index contributed by atoms with van der Waals surface area (Å²) in [5.41, 5.74) is 0. The lowest BCUT2D eigenvalue weighted by molar-refractivity contribution is 0.659. The predicted molar refractivity (Wildman–Crippen MR) is 58.9 cm³/mol. The molecule has 0 saturated carbocycles. The fraction of sp³-hybridized carbons (Fsp3) is 1.00. The average Bonchev–Trinajstić information content (AvgIpc) is 1.85. The smallest absolute Gasteiger partial charge is 0.0106 e. The first-order chi connectivity index (χ1) is 5.06. The van der Waals surface area contributed by atoms with Crippen molar-refractivity contribution in [2.24, 2.45) is 0 Å². The van der Waals surface area contributed by atoms with Crippen molar-refractivity contribution in [1.82, 2.24) is 0 Å². The standard InChI is InChI=1S/C9H21ClS/c1-4-5-6-7-8-9-11(2,3)10/h4-9H2,1-3H3. The maximum Gasteiger partial charge on any atom is -0.0106 e. The van der Waals surface area contributed by atoms with Gasteiger partial charge in [-0.1, -0.05) is 43.3 Å². The lowest BCUT2D eigenvalue weighted by Gasteiger charge is -2.21. The van der Waals surface area contributed by atoms with Gasteiger partial charge in [0.25, 0.3) is 0 Å². The van der Waals surface area contributed by atoms with E-state index in [0.29, 0.717) is 0 Å². The molecule has 0 atom stereocenters. The highest BCUT2D eigenvalue weighted by Crippen LogP contribution is 2.45. The Bertz CT molecular complexity index is 86.1. The fourth-order valence-electron chi connectivity index (χ4n) is 1.05. The molecule has 0 aromatic heterocycles. The van der Waals surface area contributed by atoms with Crippen molar-refractivity contribution >= 4 is 19.9 Å². The third kappa shape index (κ3) is 10.6. The third-order valence-corrected chi connectivity index (χ3v) is 3.46. The number of rotatable bonds is 6. The Balaban J connectivity index is 3.02. The Kier molecular flexibility index (Phi) is 6.55. The molecule has 70 valence electrons. The molecule has 0 nitrogen and oxygen atoms in total. The van der Waals surface area contributed by atoms with E-state index in [-0.39, 0.29) is 0 Å². The van der Waals surface area contributed by atoms with E-state index >= 15 is 0 Å². The summed E-state index contributed by atoms with van der Waals surface area (Å²) >= 11 is 0. The summed E-state index contributed by atoms with van der Waals surface area (Å²) in [6.45, 7) is 2.25. The molecule has 0 spiro atoms. The predicted octanol–water partition coefficient (Wildman–Crippen LogP) is 4.17. The van der Waals surface area contributed by atoms with Gasteiger partial charge in [0.2, 0.25) is 0 Å². The van der Waals surface area contributed by atoms with Crippen molar-refractivity contribution in [3.8, 4) is 0 Å². The summed E-state index contributed by atoms with van der Waals surface area (Å²) in [6.07, 6.45) is 11.2. The van der Waals surface area contributed by atoms with E-state index in [2.05, 4.69) is 19.4 Å². The molecule has 0 unspecified atom stereocenters. The molecule has 0 aromatic carbocycles. The average molecular weight is 197 g/mol. The second-order valence-electron chi connectivity index (χ2n) is 3.52. The molecule has 2 heteroatoms. The van der Waals surface area contributed by atoms with Crippen molar-refractivity contribution in [3.63, 3.8) is 0 Å². The minimum absolute atomic E-state index is 0.739. The lowest BCUT2D eigenvalue weighted by atomic mass is 10.2. The highest BCUT2D eigenvalue weighted by atomic mass is 35.7. The molecule has 0 aliphatic rings. The van der Waals surface area contributed by atoms with E-state index in [0.717, 1.165) is 0 Å². The van der Waals surface area contributed by atoms with Gasteiger partial charge in [-0.3, -0.25) is 0 Å². The summed E-state index contributed by atoms with van der Waals surface area (Å²) in [4.78, 5) is 0. The van der Waals surface area contributed by atoms with E-state index in [4.69, 9.17) is 10.7 Å². The first-order valence-electron chi connectivity index (χ1n) is 4.47. The molecule has 0 radical (unpaired) electrons. The molecular formula is C9H21ClS. The maximum absolute atomic E-state index is 6.13. The van der Waals surface area contributed by atoms with Crippen LogP contribution in [0.1, 0.15) is 39.0 Å². The van der Waals surface area contributed by atoms with Crippen LogP contribution in [-0.2, 0) is 0 Å². The van der Waals surface area contributed by atoms with Crippen LogP contribution in [0.3, 0.4) is 0 Å². The van der Waals surface area contributed by atoms with E-state index in [1.807, 2.05) is 0 Å². The molecule has 0 saturated heterocycles. The molecule has 0 heterocycles. The first kappa shape index (κ1) is 11.6. The first-order valence-corrected chi connectivity index (χ1v) is 7.91. The molecule has 0 aromatic rings. The van der Waals surface area contributed by atoms with Gasteiger partial charge in [0.1, 0.15) is 0 Å². The van der Waals surface area contributed by atoms with Crippen LogP contribution in [0, 0.1) is 0 Å². The van der Waals surface area contributed by atoms with Gasteiger partial charge in [-0.25, -0.2) is 0 Å². The number of hydrogen-bond donors (Lipinski definition) is 0. The SMILES string of the molecule is CCCCCCCS(C)(C)Cl. The van der Waals surface area contributed by atoms with E-state index in [1.165, 1.54) is 37.9 Å². The van der Waals surface area contributed by atoms with Gasteiger partial charge < -0.3 is 0 Å². The third-order valence-electron chi connectivity index (χ3n) is 1.73. The molecule has 0 aliphatic heterocycles. The Morgan fingerprint density at radius 1 is 1.00 bits per heavy atom. The second kappa shape index (κ2) is 6.19. The van der Waals surface area contributed by atoms with Crippen LogP contribution in [-0.4, -0.2) is 18.3 Å². The Morgan fingerprint density at radius 2 is 1.55 bits per heavy atom. The lowest BCUT2D eigenvalue weighted by Crippen LogP contribution is -1.93. The van der Waals surface area contributed by atoms with Crippen LogP contribution >= 0.6 is 19.9 Å². The van der Waals surface area contributed by atoms with Gasteiger partial charge in [0.05, 0.1) is 0 Å². The molecule has 11 heavy (non-hydrogen) atoms. The van der Waals surface area contributed by atoms with Crippen LogP contribution < -0.4 is 0 Å². The molecular weight excluding hydrogens is 176 g/mol. The molecule has 0 rings (SSSR count). The summed E-state index contributed by atoms with van der Waals surface area (Å²) < 4.78 is 0. The topological polar surface area (TPSA) is 0 Å². The minimum atomic E-state index is -0.739. The Morgan fingerprint density at radius 3 is 2.00 bits per heavy atom. The zero-order chi connectivity index (χ0) is 8.74. The van der Waals surface area contributed by atoms with Gasteiger partial charge in [-0.05, 0) is 24.7 Å². The van der Waals surface area contributed by atoms with Crippen molar-refractivity contribution in [1.29, 1.82) is 0 Å². The van der Waals surface area contributed by atoms with Gasteiger partial charge in [0.15, 0.2) is 0 Å². The molecule has 0 fully saturated rings. The second-order valence-corrected chi connectivity index (χ2v) is 9.24. The van der Waals surface area contributed by atoms with Crippen LogP contribution in [0.15, 0.2) is 0 Å². The summed E-state index contributed by atoms with van der Waals surface area (Å²) in [5.74, 6) is 1.23. The van der Waals surface area contributed by atoms with Crippen LogP contribution in [0.2, 0.25) is 0 Å². The molecule has 0 amide bonds. The highest BCUT2D eigenvalue weighted by Gasteiger charge is 2.04. The van der Waals surface area contributed by atoms with Crippen molar-refractivity contribution in [3.05, 3.63) is 0 Å².